The molecule has 1 aliphatic heterocycles. The molecule has 0 aliphatic carbocycles. The summed E-state index contributed by atoms with van der Waals surface area (Å²) in [5.74, 6) is -1.41. The average Bonchev–Trinajstić information content (AvgIpc) is 3.29. The van der Waals surface area contributed by atoms with Crippen LogP contribution in [0.4, 0.5) is 0 Å². The molecule has 0 saturated heterocycles. The van der Waals surface area contributed by atoms with Crippen molar-refractivity contribution in [3.05, 3.63) is 47.8 Å². The van der Waals surface area contributed by atoms with E-state index in [0.29, 0.717) is 25.1 Å². The molecule has 4 N–H and O–H groups in total. The number of hydrogen-bond donors (Lipinski definition) is 4. The number of hydrogen-bond acceptors (Lipinski definition) is 6. The number of amides is 4. The number of carbonyl (C=O) groups excluding carboxylic acids is 4. The Morgan fingerprint density at radius 2 is 1.72 bits per heavy atom. The van der Waals surface area contributed by atoms with Crippen LogP contribution in [0.15, 0.2) is 36.5 Å². The van der Waals surface area contributed by atoms with Crippen LogP contribution in [0, 0.1) is 5.92 Å². The molecule has 1 aliphatic rings. The van der Waals surface area contributed by atoms with Crippen LogP contribution in [0.1, 0.15) is 51.3 Å². The van der Waals surface area contributed by atoms with E-state index in [1.165, 1.54) is 0 Å². The highest BCUT2D eigenvalue weighted by molar-refractivity contribution is 5.94. The van der Waals surface area contributed by atoms with E-state index in [9.17, 15) is 19.2 Å². The molecule has 0 saturated carbocycles. The molecule has 194 valence electrons. The second-order valence-corrected chi connectivity index (χ2v) is 9.53. The van der Waals surface area contributed by atoms with Gasteiger partial charge in [0, 0.05) is 19.4 Å². The highest BCUT2D eigenvalue weighted by Gasteiger charge is 2.28. The lowest BCUT2D eigenvalue weighted by atomic mass is 10.0. The van der Waals surface area contributed by atoms with Crippen molar-refractivity contribution in [3.63, 3.8) is 0 Å². The molecule has 2 aromatic rings. The minimum Gasteiger partial charge on any atom is -0.349 e. The molecule has 4 amide bonds. The van der Waals surface area contributed by atoms with Gasteiger partial charge in [-0.25, -0.2) is 0 Å². The molecule has 0 unspecified atom stereocenters. The first-order valence-corrected chi connectivity index (χ1v) is 12.3. The van der Waals surface area contributed by atoms with Gasteiger partial charge in [-0.1, -0.05) is 49.4 Å². The minimum atomic E-state index is -0.908. The van der Waals surface area contributed by atoms with Crippen LogP contribution in [0.2, 0.25) is 0 Å². The van der Waals surface area contributed by atoms with Gasteiger partial charge < -0.3 is 21.3 Å². The van der Waals surface area contributed by atoms with Crippen molar-refractivity contribution in [2.24, 2.45) is 5.92 Å². The average molecular weight is 498 g/mol. The lowest BCUT2D eigenvalue weighted by Gasteiger charge is -2.24. The highest BCUT2D eigenvalue weighted by atomic mass is 16.2. The summed E-state index contributed by atoms with van der Waals surface area (Å²) in [6, 6.07) is 6.80. The van der Waals surface area contributed by atoms with Crippen LogP contribution in [0.25, 0.3) is 0 Å². The highest BCUT2D eigenvalue weighted by Crippen LogP contribution is 2.08. The number of nitrogens with one attached hydrogen (secondary N) is 4. The molecule has 3 atom stereocenters. The molecule has 2 bridgehead atoms. The third kappa shape index (κ3) is 8.17. The molecule has 36 heavy (non-hydrogen) atoms. The van der Waals surface area contributed by atoms with E-state index in [2.05, 4.69) is 31.6 Å². The lowest BCUT2D eigenvalue weighted by Crippen LogP contribution is -2.56. The summed E-state index contributed by atoms with van der Waals surface area (Å²) in [6.07, 6.45) is 3.10. The van der Waals surface area contributed by atoms with Gasteiger partial charge in [0.1, 0.15) is 23.8 Å². The van der Waals surface area contributed by atoms with Crippen molar-refractivity contribution >= 4 is 23.6 Å². The Morgan fingerprint density at radius 1 is 0.972 bits per heavy atom. The molecule has 3 rings (SSSR count). The second-order valence-electron chi connectivity index (χ2n) is 9.53. The Hall–Kier alpha value is -3.76. The van der Waals surface area contributed by atoms with Gasteiger partial charge in [-0.3, -0.25) is 23.9 Å². The number of aryl methyl sites for hydroxylation is 1. The third-order valence-electron chi connectivity index (χ3n) is 5.85. The van der Waals surface area contributed by atoms with E-state index in [-0.39, 0.29) is 37.1 Å². The predicted octanol–water partition coefficient (Wildman–Crippen LogP) is 0.451. The SMILES string of the molecule is CC(C)C[C@H]1NC(=O)[C@@H](C)NC(=O)[C@H](Cc2ccccc2)NC(=O)CCCn2cc(nn2)CNC1=O. The van der Waals surface area contributed by atoms with Crippen LogP contribution in [0.5, 0.6) is 0 Å². The van der Waals surface area contributed by atoms with E-state index in [4.69, 9.17) is 0 Å². The van der Waals surface area contributed by atoms with Gasteiger partial charge in [-0.15, -0.1) is 5.10 Å². The quantitative estimate of drug-likeness (QED) is 0.482. The molecular formula is C25H35N7O4. The molecule has 0 spiro atoms. The first-order chi connectivity index (χ1) is 17.2. The first-order valence-electron chi connectivity index (χ1n) is 12.3. The molecule has 1 aromatic heterocycles. The topological polar surface area (TPSA) is 147 Å². The van der Waals surface area contributed by atoms with Crippen molar-refractivity contribution in [3.8, 4) is 0 Å². The number of fused-ring (bicyclic) bond motifs is 2. The Labute approximate surface area is 210 Å². The fourth-order valence-electron chi connectivity index (χ4n) is 3.94. The summed E-state index contributed by atoms with van der Waals surface area (Å²) in [5, 5.41) is 19.2. The summed E-state index contributed by atoms with van der Waals surface area (Å²) in [4.78, 5) is 51.5. The number of benzene rings is 1. The van der Waals surface area contributed by atoms with Gasteiger partial charge in [0.2, 0.25) is 23.6 Å². The molecular weight excluding hydrogens is 462 g/mol. The summed E-state index contributed by atoms with van der Waals surface area (Å²) >= 11 is 0. The standard InChI is InChI=1S/C25H35N7O4/c1-16(2)12-20-24(35)26-14-19-15-32(31-30-19)11-7-10-22(33)28-21(13-18-8-5-4-6-9-18)25(36)27-17(3)23(34)29-20/h4-6,8-9,15-17,20-21H,7,10-14H2,1-3H3,(H,26,35)(H,27,36)(H,28,33)(H,29,34)/t17-,20-,21+/m1/s1. The number of rotatable bonds is 4. The number of aromatic nitrogens is 3. The number of nitrogens with zero attached hydrogens (tertiary/aromatic N) is 3. The van der Waals surface area contributed by atoms with E-state index >= 15 is 0 Å². The van der Waals surface area contributed by atoms with Gasteiger partial charge >= 0.3 is 0 Å². The molecule has 1 aromatic carbocycles. The maximum atomic E-state index is 13.1. The Kier molecular flexibility index (Phi) is 9.54. The number of carbonyl (C=O) groups is 4. The maximum absolute atomic E-state index is 13.1. The van der Waals surface area contributed by atoms with Crippen LogP contribution in [0.3, 0.4) is 0 Å². The van der Waals surface area contributed by atoms with Gasteiger partial charge in [0.15, 0.2) is 0 Å². The molecule has 0 radical (unpaired) electrons. The Balaban J connectivity index is 1.81. The summed E-state index contributed by atoms with van der Waals surface area (Å²) in [5.41, 5.74) is 1.45. The fourth-order valence-corrected chi connectivity index (χ4v) is 3.94. The van der Waals surface area contributed by atoms with Crippen molar-refractivity contribution in [1.82, 2.24) is 36.3 Å². The van der Waals surface area contributed by atoms with Crippen molar-refractivity contribution in [1.29, 1.82) is 0 Å². The van der Waals surface area contributed by atoms with Crippen molar-refractivity contribution in [2.75, 3.05) is 0 Å². The van der Waals surface area contributed by atoms with Crippen LogP contribution >= 0.6 is 0 Å². The normalized spacial score (nSPS) is 22.6. The molecule has 2 heterocycles. The zero-order valence-corrected chi connectivity index (χ0v) is 21.0. The second kappa shape index (κ2) is 12.8. The van der Waals surface area contributed by atoms with Gasteiger partial charge in [0.25, 0.3) is 0 Å². The van der Waals surface area contributed by atoms with E-state index in [0.717, 1.165) is 5.56 Å². The monoisotopic (exact) mass is 497 g/mol. The smallest absolute Gasteiger partial charge is 0.243 e. The zero-order chi connectivity index (χ0) is 26.1. The van der Waals surface area contributed by atoms with E-state index in [1.54, 1.807) is 17.8 Å². The molecule has 0 fully saturated rings. The summed E-state index contributed by atoms with van der Waals surface area (Å²) in [6.45, 7) is 6.09. The molecule has 11 nitrogen and oxygen atoms in total. The summed E-state index contributed by atoms with van der Waals surface area (Å²) < 4.78 is 1.61. The largest absolute Gasteiger partial charge is 0.349 e. The zero-order valence-electron chi connectivity index (χ0n) is 21.0. The summed E-state index contributed by atoms with van der Waals surface area (Å²) in [7, 11) is 0. The van der Waals surface area contributed by atoms with Gasteiger partial charge in [0.05, 0.1) is 12.7 Å². The third-order valence-corrected chi connectivity index (χ3v) is 5.85. The Morgan fingerprint density at radius 3 is 2.44 bits per heavy atom. The van der Waals surface area contributed by atoms with Gasteiger partial charge in [-0.05, 0) is 31.2 Å². The van der Waals surface area contributed by atoms with E-state index in [1.807, 2.05) is 44.2 Å². The van der Waals surface area contributed by atoms with Crippen LogP contribution in [-0.4, -0.2) is 56.7 Å². The molecule has 11 heteroatoms. The van der Waals surface area contributed by atoms with Crippen molar-refractivity contribution < 1.29 is 19.2 Å². The van der Waals surface area contributed by atoms with Gasteiger partial charge in [-0.2, -0.15) is 0 Å². The van der Waals surface area contributed by atoms with E-state index < -0.39 is 29.9 Å². The van der Waals surface area contributed by atoms with Crippen LogP contribution < -0.4 is 21.3 Å². The lowest BCUT2D eigenvalue weighted by molar-refractivity contribution is -0.133. The maximum Gasteiger partial charge on any atom is 0.243 e. The Bertz CT molecular complexity index is 1050. The minimum absolute atomic E-state index is 0.148. The first kappa shape index (κ1) is 26.8. The fraction of sp³-hybridized carbons (Fsp3) is 0.520. The van der Waals surface area contributed by atoms with Crippen LogP contribution in [-0.2, 0) is 38.7 Å². The predicted molar refractivity (Wildman–Crippen MR) is 132 cm³/mol. The van der Waals surface area contributed by atoms with Crippen molar-refractivity contribution in [2.45, 2.75) is 77.7 Å².